The van der Waals surface area contributed by atoms with Gasteiger partial charge in [-0.25, -0.2) is 9.07 Å². The number of hydrogen-bond acceptors (Lipinski definition) is 3. The first-order valence-electron chi connectivity index (χ1n) is 6.30. The highest BCUT2D eigenvalue weighted by Gasteiger charge is 2.36. The Morgan fingerprint density at radius 2 is 2.25 bits per heavy atom. The molecule has 0 spiro atoms. The van der Waals surface area contributed by atoms with E-state index in [4.69, 9.17) is 9.84 Å². The number of hydrogen-bond donors (Lipinski definition) is 1. The van der Waals surface area contributed by atoms with Gasteiger partial charge < -0.3 is 9.84 Å². The minimum atomic E-state index is -0.883. The van der Waals surface area contributed by atoms with E-state index in [9.17, 15) is 9.18 Å². The van der Waals surface area contributed by atoms with Crippen LogP contribution in [0.5, 0.6) is 0 Å². The molecule has 0 unspecified atom stereocenters. The molecule has 0 amide bonds. The molecule has 1 N–H and O–H groups in total. The molecule has 1 aromatic heterocycles. The van der Waals surface area contributed by atoms with E-state index in [-0.39, 0.29) is 5.82 Å². The quantitative estimate of drug-likeness (QED) is 0.933. The summed E-state index contributed by atoms with van der Waals surface area (Å²) in [5, 5.41) is 13.2. The van der Waals surface area contributed by atoms with E-state index < -0.39 is 18.0 Å². The molecular formula is C14H13FN2O3. The molecule has 104 valence electrons. The van der Waals surface area contributed by atoms with Crippen molar-refractivity contribution in [1.29, 1.82) is 0 Å². The van der Waals surface area contributed by atoms with Crippen LogP contribution in [-0.4, -0.2) is 27.5 Å². The van der Waals surface area contributed by atoms with Crippen LogP contribution in [0.4, 0.5) is 4.39 Å². The van der Waals surface area contributed by atoms with Gasteiger partial charge in [0.15, 0.2) is 0 Å². The summed E-state index contributed by atoms with van der Waals surface area (Å²) in [4.78, 5) is 11.1. The number of aliphatic carboxylic acids is 1. The van der Waals surface area contributed by atoms with Gasteiger partial charge in [-0.05, 0) is 18.6 Å². The number of para-hydroxylation sites is 1. The van der Waals surface area contributed by atoms with Crippen LogP contribution in [0, 0.1) is 11.7 Å². The maximum Gasteiger partial charge on any atom is 0.309 e. The first-order valence-corrected chi connectivity index (χ1v) is 6.30. The molecule has 0 aliphatic carbocycles. The average Bonchev–Trinajstić information content (AvgIpc) is 3.07. The van der Waals surface area contributed by atoms with Crippen molar-refractivity contribution in [2.45, 2.75) is 12.5 Å². The van der Waals surface area contributed by atoms with Crippen molar-refractivity contribution < 1.29 is 19.0 Å². The first kappa shape index (κ1) is 12.8. The standard InChI is InChI=1S/C14H13FN2O3/c15-11-3-1-2-4-12(11)17-8-9(7-16-17)13-10(14(18)19)5-6-20-13/h1-4,7-8,10,13H,5-6H2,(H,18,19)/t10-,13+/m1/s1. The second-order valence-corrected chi connectivity index (χ2v) is 4.69. The minimum absolute atomic E-state index is 0.323. The summed E-state index contributed by atoms with van der Waals surface area (Å²) in [5.41, 5.74) is 0.974. The van der Waals surface area contributed by atoms with Crippen molar-refractivity contribution in [3.8, 4) is 5.69 Å². The molecule has 1 aromatic carbocycles. The van der Waals surface area contributed by atoms with Gasteiger partial charge in [0.25, 0.3) is 0 Å². The number of halogens is 1. The number of carboxylic acids is 1. The molecule has 0 saturated carbocycles. The van der Waals surface area contributed by atoms with Crippen LogP contribution in [0.1, 0.15) is 18.1 Å². The zero-order valence-electron chi connectivity index (χ0n) is 10.6. The Bertz CT molecular complexity index is 641. The zero-order chi connectivity index (χ0) is 14.1. The van der Waals surface area contributed by atoms with Crippen LogP contribution < -0.4 is 0 Å². The molecule has 2 atom stereocenters. The van der Waals surface area contributed by atoms with Crippen LogP contribution >= 0.6 is 0 Å². The van der Waals surface area contributed by atoms with Crippen molar-refractivity contribution >= 4 is 5.97 Å². The maximum atomic E-state index is 13.7. The maximum absolute atomic E-state index is 13.7. The molecule has 1 aliphatic heterocycles. The van der Waals surface area contributed by atoms with E-state index in [1.165, 1.54) is 16.9 Å². The number of nitrogens with zero attached hydrogens (tertiary/aromatic N) is 2. The van der Waals surface area contributed by atoms with Gasteiger partial charge in [-0.1, -0.05) is 12.1 Å². The Balaban J connectivity index is 1.91. The van der Waals surface area contributed by atoms with Crippen LogP contribution in [0.15, 0.2) is 36.7 Å². The Morgan fingerprint density at radius 3 is 3.00 bits per heavy atom. The Labute approximate surface area is 114 Å². The molecule has 2 aromatic rings. The highest BCUT2D eigenvalue weighted by Crippen LogP contribution is 2.34. The molecular weight excluding hydrogens is 263 g/mol. The molecule has 1 saturated heterocycles. The average molecular weight is 276 g/mol. The molecule has 6 heteroatoms. The summed E-state index contributed by atoms with van der Waals surface area (Å²) in [5.74, 6) is -1.84. The highest BCUT2D eigenvalue weighted by molar-refractivity contribution is 5.71. The molecule has 0 radical (unpaired) electrons. The largest absolute Gasteiger partial charge is 0.481 e. The minimum Gasteiger partial charge on any atom is -0.481 e. The van der Waals surface area contributed by atoms with E-state index >= 15 is 0 Å². The number of rotatable bonds is 3. The molecule has 1 aliphatic rings. The van der Waals surface area contributed by atoms with Crippen LogP contribution in [-0.2, 0) is 9.53 Å². The van der Waals surface area contributed by atoms with Gasteiger partial charge in [-0.2, -0.15) is 5.10 Å². The first-order chi connectivity index (χ1) is 9.66. The molecule has 2 heterocycles. The predicted molar refractivity (Wildman–Crippen MR) is 68.0 cm³/mol. The number of carbonyl (C=O) groups is 1. The van der Waals surface area contributed by atoms with E-state index in [0.29, 0.717) is 24.3 Å². The number of carboxylic acid groups (broad SMARTS) is 1. The van der Waals surface area contributed by atoms with Crippen LogP contribution in [0.25, 0.3) is 5.69 Å². The van der Waals surface area contributed by atoms with Crippen molar-refractivity contribution in [3.63, 3.8) is 0 Å². The fourth-order valence-electron chi connectivity index (χ4n) is 2.42. The Kier molecular flexibility index (Phi) is 3.23. The fraction of sp³-hybridized carbons (Fsp3) is 0.286. The Hall–Kier alpha value is -2.21. The third-order valence-electron chi connectivity index (χ3n) is 3.44. The number of benzene rings is 1. The van der Waals surface area contributed by atoms with Gasteiger partial charge in [-0.3, -0.25) is 4.79 Å². The van der Waals surface area contributed by atoms with Crippen LogP contribution in [0.2, 0.25) is 0 Å². The lowest BCUT2D eigenvalue weighted by atomic mass is 9.98. The summed E-state index contributed by atoms with van der Waals surface area (Å²) >= 11 is 0. The van der Waals surface area contributed by atoms with Gasteiger partial charge >= 0.3 is 5.97 Å². The van der Waals surface area contributed by atoms with Crippen molar-refractivity contribution in [2.75, 3.05) is 6.61 Å². The second-order valence-electron chi connectivity index (χ2n) is 4.69. The van der Waals surface area contributed by atoms with Gasteiger partial charge in [-0.15, -0.1) is 0 Å². The number of aromatic nitrogens is 2. The third-order valence-corrected chi connectivity index (χ3v) is 3.44. The zero-order valence-corrected chi connectivity index (χ0v) is 10.6. The van der Waals surface area contributed by atoms with Crippen molar-refractivity contribution in [2.24, 2.45) is 5.92 Å². The van der Waals surface area contributed by atoms with Gasteiger partial charge in [0.05, 0.1) is 18.2 Å². The van der Waals surface area contributed by atoms with E-state index in [2.05, 4.69) is 5.10 Å². The normalized spacial score (nSPS) is 22.1. The third kappa shape index (κ3) is 2.18. The SMILES string of the molecule is O=C(O)[C@@H]1CCO[C@H]1c1cnn(-c2ccccc2F)c1. The van der Waals surface area contributed by atoms with Crippen molar-refractivity contribution in [1.82, 2.24) is 9.78 Å². The smallest absolute Gasteiger partial charge is 0.309 e. The van der Waals surface area contributed by atoms with E-state index in [1.807, 2.05) is 0 Å². The van der Waals surface area contributed by atoms with Gasteiger partial charge in [0, 0.05) is 18.4 Å². The molecule has 3 rings (SSSR count). The summed E-state index contributed by atoms with van der Waals surface area (Å²) in [6, 6.07) is 6.27. The predicted octanol–water partition coefficient (Wildman–Crippen LogP) is 2.17. The van der Waals surface area contributed by atoms with E-state index in [0.717, 1.165) is 0 Å². The summed E-state index contributed by atoms with van der Waals surface area (Å²) < 4.78 is 20.5. The molecule has 20 heavy (non-hydrogen) atoms. The van der Waals surface area contributed by atoms with Crippen LogP contribution in [0.3, 0.4) is 0 Å². The lowest BCUT2D eigenvalue weighted by Crippen LogP contribution is -2.17. The van der Waals surface area contributed by atoms with Gasteiger partial charge in [0.1, 0.15) is 11.5 Å². The summed E-state index contributed by atoms with van der Waals surface area (Å²) in [6.45, 7) is 0.409. The lowest BCUT2D eigenvalue weighted by molar-refractivity contribution is -0.143. The van der Waals surface area contributed by atoms with Gasteiger partial charge in [0.2, 0.25) is 0 Å². The lowest BCUT2D eigenvalue weighted by Gasteiger charge is -2.12. The van der Waals surface area contributed by atoms with Crippen molar-refractivity contribution in [3.05, 3.63) is 48.0 Å². The Morgan fingerprint density at radius 1 is 1.45 bits per heavy atom. The topological polar surface area (TPSA) is 64.3 Å². The second kappa shape index (κ2) is 5.05. The van der Waals surface area contributed by atoms with E-state index in [1.54, 1.807) is 24.4 Å². The fourth-order valence-corrected chi connectivity index (χ4v) is 2.42. The molecule has 1 fully saturated rings. The highest BCUT2D eigenvalue weighted by atomic mass is 19.1. The molecule has 5 nitrogen and oxygen atoms in total. The molecule has 0 bridgehead atoms. The summed E-state index contributed by atoms with van der Waals surface area (Å²) in [6.07, 6.45) is 3.10. The monoisotopic (exact) mass is 276 g/mol. The summed E-state index contributed by atoms with van der Waals surface area (Å²) in [7, 11) is 0. The number of ether oxygens (including phenoxy) is 1.